The van der Waals surface area contributed by atoms with Crippen molar-refractivity contribution in [1.29, 1.82) is 0 Å². The molecule has 0 radical (unpaired) electrons. The minimum atomic E-state index is -4.53. The molecule has 0 spiro atoms. The number of piperazine rings is 1. The van der Waals surface area contributed by atoms with Gasteiger partial charge in [0.1, 0.15) is 0 Å². The monoisotopic (exact) mass is 535 g/mol. The number of amides is 1. The molecule has 188 valence electrons. The van der Waals surface area contributed by atoms with E-state index in [0.29, 0.717) is 35.2 Å². The molecule has 0 bridgehead atoms. The zero-order valence-electron chi connectivity index (χ0n) is 18.8. The number of carbonyl (C=O) groups is 1. The van der Waals surface area contributed by atoms with Gasteiger partial charge < -0.3 is 15.3 Å². The summed E-state index contributed by atoms with van der Waals surface area (Å²) in [5.41, 5.74) is 0.697. The Kier molecular flexibility index (Phi) is 6.82. The summed E-state index contributed by atoms with van der Waals surface area (Å²) in [4.78, 5) is 19.1. The Labute approximate surface area is 213 Å². The van der Waals surface area contributed by atoms with E-state index in [4.69, 9.17) is 11.6 Å². The smallest absolute Gasteiger partial charge is 0.395 e. The normalized spacial score (nSPS) is 20.0. The summed E-state index contributed by atoms with van der Waals surface area (Å²) in [5.74, 6) is -0.327. The number of nitrogens with zero attached hydrogens (tertiary/aromatic N) is 4. The maximum atomic E-state index is 13.5. The van der Waals surface area contributed by atoms with Crippen LogP contribution in [-0.4, -0.2) is 63.1 Å². The van der Waals surface area contributed by atoms with E-state index in [1.165, 1.54) is 28.6 Å². The number of fused-ring (bicyclic) bond motifs is 1. The van der Waals surface area contributed by atoms with Crippen LogP contribution in [0.2, 0.25) is 5.02 Å². The molecule has 3 aromatic rings. The molecule has 1 amide bonds. The molecule has 12 heteroatoms. The maximum absolute atomic E-state index is 13.5. The molecule has 5 rings (SSSR count). The lowest BCUT2D eigenvalue weighted by Gasteiger charge is -2.33. The van der Waals surface area contributed by atoms with E-state index in [1.807, 2.05) is 11.0 Å². The van der Waals surface area contributed by atoms with E-state index in [0.717, 1.165) is 17.0 Å². The summed E-state index contributed by atoms with van der Waals surface area (Å²) in [6.07, 6.45) is -1.20. The summed E-state index contributed by atoms with van der Waals surface area (Å²) in [5, 5.41) is 18.3. The minimum Gasteiger partial charge on any atom is -0.395 e. The van der Waals surface area contributed by atoms with Gasteiger partial charge in [-0.3, -0.25) is 9.48 Å². The standard InChI is InChI=1S/C24H21ClF3N5O2S/c25-17-3-2-15(19(9-17)24(26,27)28)11-33-20-4-1-14(7-16(20)10-30-33)8-21-22(35)31-23(36-21)32-6-5-29-18(12-32)13-34/h1-4,7-10,18,29,34H,5-6,11-13H2/b21-8-/t18-/m0/s1. The van der Waals surface area contributed by atoms with Crippen LogP contribution in [0.3, 0.4) is 0 Å². The third kappa shape index (κ3) is 5.15. The van der Waals surface area contributed by atoms with Gasteiger partial charge in [0.2, 0.25) is 0 Å². The van der Waals surface area contributed by atoms with Gasteiger partial charge in [-0.05, 0) is 53.2 Å². The molecule has 1 atom stereocenters. The van der Waals surface area contributed by atoms with Crippen molar-refractivity contribution in [3.8, 4) is 0 Å². The summed E-state index contributed by atoms with van der Waals surface area (Å²) < 4.78 is 41.9. The molecule has 0 aliphatic carbocycles. The number of amidine groups is 1. The summed E-state index contributed by atoms with van der Waals surface area (Å²) >= 11 is 7.08. The lowest BCUT2D eigenvalue weighted by molar-refractivity contribution is -0.138. The number of aliphatic hydroxyl groups is 1. The highest BCUT2D eigenvalue weighted by molar-refractivity contribution is 8.18. The predicted molar refractivity (Wildman–Crippen MR) is 134 cm³/mol. The Hall–Kier alpha value is -2.86. The Bertz CT molecular complexity index is 1390. The van der Waals surface area contributed by atoms with Gasteiger partial charge in [-0.15, -0.1) is 0 Å². The summed E-state index contributed by atoms with van der Waals surface area (Å²) in [6.45, 7) is 1.89. The van der Waals surface area contributed by atoms with Crippen LogP contribution >= 0.6 is 23.4 Å². The van der Waals surface area contributed by atoms with Gasteiger partial charge in [0.15, 0.2) is 5.17 Å². The largest absolute Gasteiger partial charge is 0.416 e. The SMILES string of the molecule is O=C1N=C(N2CCN[C@H](CO)C2)S/C1=C\c1ccc2c(cnn2Cc2ccc(Cl)cc2C(F)(F)F)c1. The van der Waals surface area contributed by atoms with Crippen LogP contribution in [-0.2, 0) is 17.5 Å². The summed E-state index contributed by atoms with van der Waals surface area (Å²) in [7, 11) is 0. The molecular formula is C24H21ClF3N5O2S. The number of halogens is 4. The average molecular weight is 536 g/mol. The number of thioether (sulfide) groups is 1. The van der Waals surface area contributed by atoms with Crippen molar-refractivity contribution in [2.24, 2.45) is 4.99 Å². The van der Waals surface area contributed by atoms with Crippen molar-refractivity contribution >= 4 is 51.4 Å². The molecule has 2 aromatic carbocycles. The van der Waals surface area contributed by atoms with E-state index in [9.17, 15) is 23.1 Å². The number of aromatic nitrogens is 2. The fourth-order valence-corrected chi connectivity index (χ4v) is 5.36. The van der Waals surface area contributed by atoms with Crippen LogP contribution in [0.1, 0.15) is 16.7 Å². The molecule has 2 aliphatic rings. The third-order valence-electron chi connectivity index (χ3n) is 6.02. The average Bonchev–Trinajstić information content (AvgIpc) is 3.42. The zero-order valence-corrected chi connectivity index (χ0v) is 20.4. The minimum absolute atomic E-state index is 0.00826. The molecular weight excluding hydrogens is 515 g/mol. The molecule has 1 aromatic heterocycles. The highest BCUT2D eigenvalue weighted by atomic mass is 35.5. The maximum Gasteiger partial charge on any atom is 0.416 e. The Balaban J connectivity index is 1.35. The molecule has 0 unspecified atom stereocenters. The zero-order chi connectivity index (χ0) is 25.4. The number of carbonyl (C=O) groups excluding carboxylic acids is 1. The van der Waals surface area contributed by atoms with Crippen LogP contribution in [0.5, 0.6) is 0 Å². The first-order chi connectivity index (χ1) is 17.2. The quantitative estimate of drug-likeness (QED) is 0.492. The molecule has 36 heavy (non-hydrogen) atoms. The van der Waals surface area contributed by atoms with Gasteiger partial charge in [-0.1, -0.05) is 23.7 Å². The van der Waals surface area contributed by atoms with Crippen molar-refractivity contribution in [1.82, 2.24) is 20.0 Å². The number of hydrogen-bond donors (Lipinski definition) is 2. The van der Waals surface area contributed by atoms with E-state index in [1.54, 1.807) is 24.4 Å². The number of aliphatic hydroxyl groups excluding tert-OH is 1. The van der Waals surface area contributed by atoms with E-state index >= 15 is 0 Å². The summed E-state index contributed by atoms with van der Waals surface area (Å²) in [6, 6.07) is 9.03. The van der Waals surface area contributed by atoms with Crippen LogP contribution in [0, 0.1) is 0 Å². The lowest BCUT2D eigenvalue weighted by Crippen LogP contribution is -2.53. The molecule has 2 N–H and O–H groups in total. The number of nitrogens with one attached hydrogen (secondary N) is 1. The molecule has 1 saturated heterocycles. The first kappa shape index (κ1) is 24.8. The van der Waals surface area contributed by atoms with Crippen LogP contribution in [0.4, 0.5) is 13.2 Å². The highest BCUT2D eigenvalue weighted by Gasteiger charge is 2.34. The fourth-order valence-electron chi connectivity index (χ4n) is 4.24. The Morgan fingerprint density at radius 3 is 2.86 bits per heavy atom. The number of hydrogen-bond acceptors (Lipinski definition) is 6. The van der Waals surface area contributed by atoms with Crippen molar-refractivity contribution in [2.45, 2.75) is 18.8 Å². The number of aliphatic imine (C=N–C) groups is 1. The molecule has 3 heterocycles. The highest BCUT2D eigenvalue weighted by Crippen LogP contribution is 2.35. The topological polar surface area (TPSA) is 82.8 Å². The van der Waals surface area contributed by atoms with Gasteiger partial charge in [-0.25, -0.2) is 0 Å². The van der Waals surface area contributed by atoms with Gasteiger partial charge in [-0.2, -0.15) is 23.3 Å². The van der Waals surface area contributed by atoms with Crippen molar-refractivity contribution in [3.05, 3.63) is 69.2 Å². The van der Waals surface area contributed by atoms with Gasteiger partial charge in [0.25, 0.3) is 5.91 Å². The van der Waals surface area contributed by atoms with Gasteiger partial charge in [0, 0.05) is 36.1 Å². The lowest BCUT2D eigenvalue weighted by atomic mass is 10.1. The molecule has 2 aliphatic heterocycles. The second-order valence-corrected chi connectivity index (χ2v) is 9.96. The van der Waals surface area contributed by atoms with Gasteiger partial charge >= 0.3 is 6.18 Å². The molecule has 7 nitrogen and oxygen atoms in total. The number of rotatable bonds is 4. The second-order valence-electron chi connectivity index (χ2n) is 8.51. The number of alkyl halides is 3. The first-order valence-corrected chi connectivity index (χ1v) is 12.3. The second kappa shape index (κ2) is 9.89. The molecule has 1 fully saturated rings. The van der Waals surface area contributed by atoms with Crippen LogP contribution < -0.4 is 5.32 Å². The van der Waals surface area contributed by atoms with Crippen LogP contribution in [0.15, 0.2) is 52.5 Å². The van der Waals surface area contributed by atoms with Gasteiger partial charge in [0.05, 0.1) is 35.3 Å². The number of benzene rings is 2. The Morgan fingerprint density at radius 2 is 2.08 bits per heavy atom. The van der Waals surface area contributed by atoms with Crippen molar-refractivity contribution in [2.75, 3.05) is 26.2 Å². The first-order valence-electron chi connectivity index (χ1n) is 11.1. The van der Waals surface area contributed by atoms with Crippen molar-refractivity contribution in [3.63, 3.8) is 0 Å². The molecule has 0 saturated carbocycles. The van der Waals surface area contributed by atoms with E-state index in [2.05, 4.69) is 15.4 Å². The Morgan fingerprint density at radius 1 is 1.25 bits per heavy atom. The van der Waals surface area contributed by atoms with Crippen molar-refractivity contribution < 1.29 is 23.1 Å². The third-order valence-corrected chi connectivity index (χ3v) is 7.30. The van der Waals surface area contributed by atoms with E-state index in [-0.39, 0.29) is 35.7 Å². The fraction of sp³-hybridized carbons (Fsp3) is 0.292. The predicted octanol–water partition coefficient (Wildman–Crippen LogP) is 3.99. The van der Waals surface area contributed by atoms with E-state index < -0.39 is 11.7 Å². The van der Waals surface area contributed by atoms with Crippen LogP contribution in [0.25, 0.3) is 17.0 Å².